The van der Waals surface area contributed by atoms with Gasteiger partial charge in [0.2, 0.25) is 5.91 Å². The normalized spacial score (nSPS) is 19.1. The number of aryl methyl sites for hydroxylation is 1. The zero-order valence-corrected chi connectivity index (χ0v) is 18.6. The zero-order valence-electron chi connectivity index (χ0n) is 18.6. The van der Waals surface area contributed by atoms with Crippen LogP contribution in [0.2, 0.25) is 0 Å². The van der Waals surface area contributed by atoms with Gasteiger partial charge in [0, 0.05) is 51.7 Å². The van der Waals surface area contributed by atoms with E-state index >= 15 is 0 Å². The predicted octanol–water partition coefficient (Wildman–Crippen LogP) is 1.76. The lowest BCUT2D eigenvalue weighted by atomic mass is 9.96. The van der Waals surface area contributed by atoms with E-state index in [4.69, 9.17) is 4.42 Å². The lowest BCUT2D eigenvalue weighted by molar-refractivity contribution is -0.137. The molecule has 5 heterocycles. The second-order valence-electron chi connectivity index (χ2n) is 8.47. The maximum Gasteiger partial charge on any atom is 0.289 e. The Bertz CT molecular complexity index is 1100. The Labute approximate surface area is 191 Å². The van der Waals surface area contributed by atoms with Gasteiger partial charge >= 0.3 is 0 Å². The summed E-state index contributed by atoms with van der Waals surface area (Å²) >= 11 is 0. The van der Waals surface area contributed by atoms with Crippen molar-refractivity contribution in [1.29, 1.82) is 0 Å². The quantitative estimate of drug-likeness (QED) is 0.598. The molecular formula is C23H27N7O3. The summed E-state index contributed by atoms with van der Waals surface area (Å²) < 4.78 is 7.10. The van der Waals surface area contributed by atoms with Crippen LogP contribution < -0.4 is 4.90 Å². The molecule has 2 saturated heterocycles. The molecule has 2 amide bonds. The van der Waals surface area contributed by atoms with E-state index in [1.54, 1.807) is 23.2 Å². The lowest BCUT2D eigenvalue weighted by Crippen LogP contribution is -2.53. The van der Waals surface area contributed by atoms with Crippen LogP contribution in [0.15, 0.2) is 47.3 Å². The number of imidazole rings is 1. The van der Waals surface area contributed by atoms with E-state index in [2.05, 4.69) is 20.1 Å². The molecule has 2 aliphatic rings. The van der Waals surface area contributed by atoms with Crippen molar-refractivity contribution in [3.05, 3.63) is 54.5 Å². The number of rotatable bonds is 4. The van der Waals surface area contributed by atoms with Gasteiger partial charge in [0.15, 0.2) is 17.4 Å². The van der Waals surface area contributed by atoms with Crippen LogP contribution in [-0.2, 0) is 4.79 Å². The number of carbonyl (C=O) groups is 2. The molecule has 0 saturated carbocycles. The van der Waals surface area contributed by atoms with Crippen LogP contribution in [0.1, 0.15) is 29.2 Å². The summed E-state index contributed by atoms with van der Waals surface area (Å²) in [5.74, 6) is 2.65. The highest BCUT2D eigenvalue weighted by Gasteiger charge is 2.33. The van der Waals surface area contributed by atoms with Crippen molar-refractivity contribution >= 4 is 17.6 Å². The SMILES string of the molecule is Cc1nccn1-c1ccc(N2CCCC(C(=O)N3CCN(C(=O)c4ccco4)CC3)C2)nn1. The van der Waals surface area contributed by atoms with Gasteiger partial charge in [-0.3, -0.25) is 14.2 Å². The number of furan rings is 1. The van der Waals surface area contributed by atoms with E-state index in [0.717, 1.165) is 36.8 Å². The average Bonchev–Trinajstić information content (AvgIpc) is 3.56. The van der Waals surface area contributed by atoms with Crippen molar-refractivity contribution in [3.63, 3.8) is 0 Å². The molecule has 3 aromatic heterocycles. The maximum absolute atomic E-state index is 13.2. The smallest absolute Gasteiger partial charge is 0.289 e. The van der Waals surface area contributed by atoms with Crippen LogP contribution in [0.3, 0.4) is 0 Å². The maximum atomic E-state index is 13.2. The van der Waals surface area contributed by atoms with Gasteiger partial charge in [0.1, 0.15) is 5.82 Å². The third kappa shape index (κ3) is 4.33. The first-order valence-corrected chi connectivity index (χ1v) is 11.3. The number of hydrogen-bond donors (Lipinski definition) is 0. The van der Waals surface area contributed by atoms with Crippen LogP contribution in [-0.4, -0.2) is 80.6 Å². The number of carbonyl (C=O) groups excluding carboxylic acids is 2. The number of anilines is 1. The summed E-state index contributed by atoms with van der Waals surface area (Å²) in [4.78, 5) is 35.7. The minimum absolute atomic E-state index is 0.0801. The number of nitrogens with zero attached hydrogens (tertiary/aromatic N) is 7. The minimum atomic E-state index is -0.121. The largest absolute Gasteiger partial charge is 0.459 e. The van der Waals surface area contributed by atoms with Crippen molar-refractivity contribution in [1.82, 2.24) is 29.5 Å². The number of piperidine rings is 1. The summed E-state index contributed by atoms with van der Waals surface area (Å²) in [6, 6.07) is 7.26. The molecule has 1 atom stereocenters. The Morgan fingerprint density at radius 1 is 1.00 bits per heavy atom. The van der Waals surface area contributed by atoms with Gasteiger partial charge in [0.25, 0.3) is 5.91 Å². The molecule has 10 nitrogen and oxygen atoms in total. The van der Waals surface area contributed by atoms with Gasteiger partial charge < -0.3 is 19.1 Å². The summed E-state index contributed by atoms with van der Waals surface area (Å²) in [5, 5.41) is 8.76. The fourth-order valence-corrected chi connectivity index (χ4v) is 4.57. The highest BCUT2D eigenvalue weighted by atomic mass is 16.3. The third-order valence-electron chi connectivity index (χ3n) is 6.41. The fourth-order valence-electron chi connectivity index (χ4n) is 4.57. The molecule has 5 rings (SSSR count). The highest BCUT2D eigenvalue weighted by molar-refractivity contribution is 5.91. The van der Waals surface area contributed by atoms with E-state index in [1.165, 1.54) is 6.26 Å². The van der Waals surface area contributed by atoms with Gasteiger partial charge in [-0.05, 0) is 44.0 Å². The first-order chi connectivity index (χ1) is 16.1. The Morgan fingerprint density at radius 3 is 2.42 bits per heavy atom. The average molecular weight is 450 g/mol. The van der Waals surface area contributed by atoms with Crippen LogP contribution >= 0.6 is 0 Å². The number of hydrogen-bond acceptors (Lipinski definition) is 7. The molecule has 0 aliphatic carbocycles. The van der Waals surface area contributed by atoms with Crippen LogP contribution in [0.4, 0.5) is 5.82 Å². The number of amides is 2. The standard InChI is InChI=1S/C23H27N7O3/c1-17-24-8-10-30(17)21-7-6-20(25-26-21)29-9-2-4-18(16-29)22(31)27-11-13-28(14-12-27)23(32)19-5-3-15-33-19/h3,5-8,10,15,18H,2,4,9,11-14,16H2,1H3. The van der Waals surface area contributed by atoms with E-state index in [9.17, 15) is 9.59 Å². The monoisotopic (exact) mass is 449 g/mol. The molecule has 0 bridgehead atoms. The van der Waals surface area contributed by atoms with Gasteiger partial charge in [-0.1, -0.05) is 0 Å². The summed E-state index contributed by atoms with van der Waals surface area (Å²) in [7, 11) is 0. The summed E-state index contributed by atoms with van der Waals surface area (Å²) in [6.07, 6.45) is 6.88. The number of aromatic nitrogens is 4. The number of piperazine rings is 1. The lowest BCUT2D eigenvalue weighted by Gasteiger charge is -2.39. The molecule has 1 unspecified atom stereocenters. The first kappa shape index (κ1) is 21.2. The Morgan fingerprint density at radius 2 is 1.76 bits per heavy atom. The second kappa shape index (κ2) is 9.05. The molecule has 2 aliphatic heterocycles. The van der Waals surface area contributed by atoms with E-state index in [-0.39, 0.29) is 17.7 Å². The molecule has 10 heteroatoms. The van der Waals surface area contributed by atoms with E-state index < -0.39 is 0 Å². The second-order valence-corrected chi connectivity index (χ2v) is 8.47. The van der Waals surface area contributed by atoms with Crippen LogP contribution in [0.25, 0.3) is 5.82 Å². The molecule has 0 N–H and O–H groups in total. The molecule has 0 aromatic carbocycles. The third-order valence-corrected chi connectivity index (χ3v) is 6.41. The molecule has 0 spiro atoms. The van der Waals surface area contributed by atoms with Gasteiger partial charge in [-0.15, -0.1) is 10.2 Å². The van der Waals surface area contributed by atoms with Gasteiger partial charge in [0.05, 0.1) is 12.2 Å². The molecule has 3 aromatic rings. The minimum Gasteiger partial charge on any atom is -0.459 e. The molecule has 2 fully saturated rings. The molecule has 0 radical (unpaired) electrons. The predicted molar refractivity (Wildman–Crippen MR) is 120 cm³/mol. The van der Waals surface area contributed by atoms with E-state index in [0.29, 0.717) is 38.5 Å². The summed E-state index contributed by atoms with van der Waals surface area (Å²) in [5.41, 5.74) is 0. The van der Waals surface area contributed by atoms with Crippen LogP contribution in [0.5, 0.6) is 0 Å². The van der Waals surface area contributed by atoms with Crippen molar-refractivity contribution in [3.8, 4) is 5.82 Å². The Kier molecular flexibility index (Phi) is 5.80. The molecule has 33 heavy (non-hydrogen) atoms. The fraction of sp³-hybridized carbons (Fsp3) is 0.435. The topological polar surface area (TPSA) is 101 Å². The Balaban J connectivity index is 1.18. The summed E-state index contributed by atoms with van der Waals surface area (Å²) in [6.45, 7) is 5.52. The Hall–Kier alpha value is -3.69. The van der Waals surface area contributed by atoms with Crippen molar-refractivity contribution < 1.29 is 14.0 Å². The van der Waals surface area contributed by atoms with Gasteiger partial charge in [-0.2, -0.15) is 0 Å². The van der Waals surface area contributed by atoms with Crippen molar-refractivity contribution in [2.75, 3.05) is 44.2 Å². The first-order valence-electron chi connectivity index (χ1n) is 11.3. The molecular weight excluding hydrogens is 422 g/mol. The van der Waals surface area contributed by atoms with E-state index in [1.807, 2.05) is 34.7 Å². The van der Waals surface area contributed by atoms with Gasteiger partial charge in [-0.25, -0.2) is 4.98 Å². The highest BCUT2D eigenvalue weighted by Crippen LogP contribution is 2.24. The molecule has 172 valence electrons. The van der Waals surface area contributed by atoms with Crippen LogP contribution in [0, 0.1) is 12.8 Å². The zero-order chi connectivity index (χ0) is 22.8. The van der Waals surface area contributed by atoms with Crippen molar-refractivity contribution in [2.24, 2.45) is 5.92 Å². The van der Waals surface area contributed by atoms with Crippen molar-refractivity contribution in [2.45, 2.75) is 19.8 Å².